The van der Waals surface area contributed by atoms with Crippen molar-refractivity contribution in [1.82, 2.24) is 10.2 Å². The average molecular weight is 400 g/mol. The number of amides is 3. The van der Waals surface area contributed by atoms with Crippen molar-refractivity contribution in [3.8, 4) is 5.75 Å². The van der Waals surface area contributed by atoms with Crippen molar-refractivity contribution >= 4 is 17.7 Å². The number of imide groups is 1. The maximum absolute atomic E-state index is 13.9. The summed E-state index contributed by atoms with van der Waals surface area (Å²) in [6.45, 7) is -0.668. The Labute approximate surface area is 165 Å². The van der Waals surface area contributed by atoms with Gasteiger partial charge < -0.3 is 10.1 Å². The number of ether oxygens (including phenoxy) is 1. The summed E-state index contributed by atoms with van der Waals surface area (Å²) >= 11 is 0. The molecule has 1 aliphatic carbocycles. The van der Waals surface area contributed by atoms with Gasteiger partial charge in [-0.3, -0.25) is 14.5 Å². The van der Waals surface area contributed by atoms with Gasteiger partial charge in [0.15, 0.2) is 5.78 Å². The van der Waals surface area contributed by atoms with E-state index >= 15 is 0 Å². The van der Waals surface area contributed by atoms with Gasteiger partial charge in [0, 0.05) is 0 Å². The topological polar surface area (TPSA) is 75.7 Å². The molecule has 0 radical (unpaired) electrons. The fourth-order valence-electron chi connectivity index (χ4n) is 4.06. The van der Waals surface area contributed by atoms with Gasteiger partial charge in [0.1, 0.15) is 22.9 Å². The normalized spacial score (nSPS) is 20.6. The number of hydrogen-bond acceptors (Lipinski definition) is 4. The first-order chi connectivity index (χ1) is 13.9. The van der Waals surface area contributed by atoms with Crippen LogP contribution in [0.4, 0.5) is 13.6 Å². The Morgan fingerprint density at radius 2 is 2.00 bits per heavy atom. The fourth-order valence-corrected chi connectivity index (χ4v) is 4.06. The van der Waals surface area contributed by atoms with Crippen LogP contribution in [-0.4, -0.2) is 36.3 Å². The smallest absolute Gasteiger partial charge is 0.325 e. The van der Waals surface area contributed by atoms with Crippen molar-refractivity contribution in [2.24, 2.45) is 0 Å². The Hall–Kier alpha value is -3.29. The molecular formula is C21H18F2N2O4. The molecule has 8 heteroatoms. The quantitative estimate of drug-likeness (QED) is 0.633. The molecule has 1 saturated heterocycles. The summed E-state index contributed by atoms with van der Waals surface area (Å²) in [5.41, 5.74) is -0.221. The molecular weight excluding hydrogens is 382 g/mol. The number of urea groups is 1. The van der Waals surface area contributed by atoms with E-state index in [9.17, 15) is 23.2 Å². The molecule has 2 aliphatic rings. The lowest BCUT2D eigenvalue weighted by Gasteiger charge is -2.33. The Morgan fingerprint density at radius 1 is 1.21 bits per heavy atom. The van der Waals surface area contributed by atoms with Gasteiger partial charge in [-0.1, -0.05) is 6.07 Å². The Kier molecular flexibility index (Phi) is 4.56. The van der Waals surface area contributed by atoms with E-state index in [2.05, 4.69) is 5.32 Å². The van der Waals surface area contributed by atoms with Crippen molar-refractivity contribution in [2.45, 2.75) is 24.8 Å². The molecule has 150 valence electrons. The number of benzene rings is 2. The van der Waals surface area contributed by atoms with Crippen LogP contribution in [-0.2, 0) is 16.8 Å². The van der Waals surface area contributed by atoms with E-state index in [0.29, 0.717) is 24.2 Å². The first-order valence-electron chi connectivity index (χ1n) is 9.15. The molecule has 0 aromatic heterocycles. The van der Waals surface area contributed by atoms with Crippen LogP contribution in [0.3, 0.4) is 0 Å². The van der Waals surface area contributed by atoms with Gasteiger partial charge in [0.05, 0.1) is 19.2 Å². The number of hydrogen-bond donors (Lipinski definition) is 1. The first kappa shape index (κ1) is 19.0. The van der Waals surface area contributed by atoms with Crippen LogP contribution in [0.25, 0.3) is 0 Å². The van der Waals surface area contributed by atoms with Crippen molar-refractivity contribution in [2.75, 3.05) is 13.7 Å². The van der Waals surface area contributed by atoms with Gasteiger partial charge in [0.2, 0.25) is 0 Å². The molecule has 29 heavy (non-hydrogen) atoms. The summed E-state index contributed by atoms with van der Waals surface area (Å²) < 4.78 is 32.5. The summed E-state index contributed by atoms with van der Waals surface area (Å²) in [5, 5.41) is 2.72. The minimum Gasteiger partial charge on any atom is -0.497 e. The number of methoxy groups -OCH3 is 1. The second kappa shape index (κ2) is 6.95. The highest BCUT2D eigenvalue weighted by molar-refractivity contribution is 6.11. The third kappa shape index (κ3) is 3.04. The largest absolute Gasteiger partial charge is 0.497 e. The van der Waals surface area contributed by atoms with E-state index in [-0.39, 0.29) is 0 Å². The monoisotopic (exact) mass is 400 g/mol. The molecule has 0 bridgehead atoms. The Morgan fingerprint density at radius 3 is 2.76 bits per heavy atom. The summed E-state index contributed by atoms with van der Waals surface area (Å²) in [6, 6.07) is 7.02. The number of nitrogens with zero attached hydrogens (tertiary/aromatic N) is 1. The minimum atomic E-state index is -1.27. The van der Waals surface area contributed by atoms with E-state index in [4.69, 9.17) is 4.74 Å². The maximum Gasteiger partial charge on any atom is 0.325 e. The van der Waals surface area contributed by atoms with Crippen LogP contribution in [0.1, 0.15) is 34.3 Å². The van der Waals surface area contributed by atoms with E-state index in [1.807, 2.05) is 6.07 Å². The van der Waals surface area contributed by atoms with E-state index in [1.165, 1.54) is 0 Å². The molecule has 6 nitrogen and oxygen atoms in total. The number of nitrogens with one attached hydrogen (secondary N) is 1. The molecule has 2 aromatic carbocycles. The van der Waals surface area contributed by atoms with Gasteiger partial charge >= 0.3 is 6.03 Å². The lowest BCUT2D eigenvalue weighted by atomic mass is 9.76. The van der Waals surface area contributed by atoms with Crippen LogP contribution in [0.15, 0.2) is 36.4 Å². The van der Waals surface area contributed by atoms with Gasteiger partial charge in [-0.2, -0.15) is 0 Å². The molecule has 1 atom stereocenters. The maximum atomic E-state index is 13.9. The van der Waals surface area contributed by atoms with Crippen molar-refractivity contribution in [1.29, 1.82) is 0 Å². The molecule has 3 amide bonds. The van der Waals surface area contributed by atoms with Crippen LogP contribution in [0, 0.1) is 11.6 Å². The number of aryl methyl sites for hydroxylation is 1. The summed E-state index contributed by atoms with van der Waals surface area (Å²) in [4.78, 5) is 39.0. The van der Waals surface area contributed by atoms with E-state index in [0.717, 1.165) is 35.1 Å². The molecule has 1 heterocycles. The second-order valence-corrected chi connectivity index (χ2v) is 7.15. The van der Waals surface area contributed by atoms with Crippen LogP contribution in [0.5, 0.6) is 5.75 Å². The van der Waals surface area contributed by atoms with Crippen LogP contribution >= 0.6 is 0 Å². The van der Waals surface area contributed by atoms with Crippen LogP contribution in [0.2, 0.25) is 0 Å². The zero-order valence-corrected chi connectivity index (χ0v) is 15.6. The number of carbonyl (C=O) groups excluding carboxylic acids is 3. The lowest BCUT2D eigenvalue weighted by molar-refractivity contribution is -0.131. The van der Waals surface area contributed by atoms with Gasteiger partial charge in [0.25, 0.3) is 5.91 Å². The molecule has 1 fully saturated rings. The van der Waals surface area contributed by atoms with Crippen molar-refractivity contribution < 1.29 is 27.9 Å². The third-order valence-corrected chi connectivity index (χ3v) is 5.48. The number of fused-ring (bicyclic) bond motifs is 2. The minimum absolute atomic E-state index is 0.385. The van der Waals surface area contributed by atoms with E-state index < -0.39 is 47.0 Å². The molecule has 1 N–H and O–H groups in total. The van der Waals surface area contributed by atoms with Gasteiger partial charge in [-0.15, -0.1) is 0 Å². The fraction of sp³-hybridized carbons (Fsp3) is 0.286. The highest BCUT2D eigenvalue weighted by atomic mass is 19.1. The van der Waals surface area contributed by atoms with Crippen molar-refractivity contribution in [3.05, 3.63) is 64.7 Å². The summed E-state index contributed by atoms with van der Waals surface area (Å²) in [7, 11) is 1.54. The number of carbonyl (C=O) groups is 3. The average Bonchev–Trinajstić information content (AvgIpc) is 2.94. The van der Waals surface area contributed by atoms with Gasteiger partial charge in [-0.25, -0.2) is 13.6 Å². The number of Topliss-reactive ketones (excluding diaryl/α,β-unsaturated/α-hetero) is 1. The highest BCUT2D eigenvalue weighted by Crippen LogP contribution is 2.41. The predicted octanol–water partition coefficient (Wildman–Crippen LogP) is 2.94. The first-order valence-corrected chi connectivity index (χ1v) is 9.15. The molecule has 1 aliphatic heterocycles. The molecule has 0 saturated carbocycles. The predicted molar refractivity (Wildman–Crippen MR) is 98.5 cm³/mol. The number of halogens is 2. The standard InChI is InChI=1S/C21H18F2N2O4/c1-29-14-5-6-16-12(9-14)3-2-8-21(16)19(27)25(20(28)24-21)11-18(26)15-10-13(22)4-7-17(15)23/h4-7,9-10H,2-3,8,11H2,1H3,(H,24,28)/t21-/m0/s1. The SMILES string of the molecule is COc1ccc2c(c1)CCC[C@]21NC(=O)N(CC(=O)c2cc(F)ccc2F)C1=O. The zero-order valence-electron chi connectivity index (χ0n) is 15.6. The molecule has 2 aromatic rings. The summed E-state index contributed by atoms with van der Waals surface area (Å²) in [6.07, 6.45) is 1.77. The zero-order chi connectivity index (χ0) is 20.8. The molecule has 4 rings (SSSR count). The van der Waals surface area contributed by atoms with Crippen molar-refractivity contribution in [3.63, 3.8) is 0 Å². The van der Waals surface area contributed by atoms with Crippen LogP contribution < -0.4 is 10.1 Å². The Bertz CT molecular complexity index is 1040. The number of ketones is 1. The van der Waals surface area contributed by atoms with Gasteiger partial charge in [-0.05, 0) is 60.7 Å². The third-order valence-electron chi connectivity index (χ3n) is 5.48. The molecule has 0 unspecified atom stereocenters. The second-order valence-electron chi connectivity index (χ2n) is 7.15. The highest BCUT2D eigenvalue weighted by Gasteiger charge is 2.54. The lowest BCUT2D eigenvalue weighted by Crippen LogP contribution is -2.46. The number of rotatable bonds is 4. The Balaban J connectivity index is 1.65. The molecule has 1 spiro atoms. The van der Waals surface area contributed by atoms with E-state index in [1.54, 1.807) is 19.2 Å². The summed E-state index contributed by atoms with van der Waals surface area (Å²) in [5.74, 6) is -2.47.